The lowest BCUT2D eigenvalue weighted by Crippen LogP contribution is -2.49. The molecule has 0 aromatic heterocycles. The van der Waals surface area contributed by atoms with Crippen LogP contribution in [0.1, 0.15) is 18.6 Å². The van der Waals surface area contributed by atoms with E-state index in [1.165, 1.54) is 0 Å². The van der Waals surface area contributed by atoms with Gasteiger partial charge in [0.15, 0.2) is 11.2 Å². The number of hydrogen-bond donors (Lipinski definition) is 3. The number of thiocarbonyl (C=S) groups is 1. The molecule has 0 aliphatic carbocycles. The lowest BCUT2D eigenvalue weighted by atomic mass is 10.0. The maximum atomic E-state index is 12.0. The van der Waals surface area contributed by atoms with Gasteiger partial charge >= 0.3 is 5.97 Å². The molecule has 0 spiro atoms. The number of benzene rings is 1. The molecule has 2 atom stereocenters. The van der Waals surface area contributed by atoms with Gasteiger partial charge in [-0.15, -0.1) is 6.58 Å². The monoisotopic (exact) mass is 308 g/mol. The highest BCUT2D eigenvalue weighted by Crippen LogP contribution is 2.17. The maximum Gasteiger partial charge on any atom is 0.331 e. The third kappa shape index (κ3) is 5.53. The van der Waals surface area contributed by atoms with Gasteiger partial charge < -0.3 is 20.5 Å². The minimum atomic E-state index is -1.06. The fourth-order valence-electron chi connectivity index (χ4n) is 1.70. The number of aliphatic hydroxyl groups is 1. The van der Waals surface area contributed by atoms with Crippen LogP contribution in [-0.4, -0.2) is 35.4 Å². The van der Waals surface area contributed by atoms with Crippen molar-refractivity contribution in [1.29, 1.82) is 0 Å². The van der Waals surface area contributed by atoms with E-state index < -0.39 is 18.1 Å². The maximum absolute atomic E-state index is 12.0. The van der Waals surface area contributed by atoms with Crippen molar-refractivity contribution in [2.45, 2.75) is 19.1 Å². The van der Waals surface area contributed by atoms with Gasteiger partial charge in [-0.3, -0.25) is 0 Å². The Morgan fingerprint density at radius 2 is 2.14 bits per heavy atom. The van der Waals surface area contributed by atoms with Crippen LogP contribution in [0.15, 0.2) is 43.0 Å². The summed E-state index contributed by atoms with van der Waals surface area (Å²) in [5.41, 5.74) is 0.606. The molecule has 0 amide bonds. The van der Waals surface area contributed by atoms with Gasteiger partial charge in [-0.2, -0.15) is 0 Å². The quantitative estimate of drug-likeness (QED) is 0.401. The highest BCUT2D eigenvalue weighted by molar-refractivity contribution is 7.80. The van der Waals surface area contributed by atoms with Gasteiger partial charge in [0.1, 0.15) is 6.10 Å². The van der Waals surface area contributed by atoms with E-state index in [1.54, 1.807) is 37.3 Å². The Balaban J connectivity index is 2.83. The molecule has 3 N–H and O–H groups in total. The van der Waals surface area contributed by atoms with Gasteiger partial charge in [0.25, 0.3) is 0 Å². The molecule has 0 bridgehead atoms. The summed E-state index contributed by atoms with van der Waals surface area (Å²) in [5, 5.41) is 16.3. The largest absolute Gasteiger partial charge is 0.464 e. The van der Waals surface area contributed by atoms with Crippen LogP contribution in [0.4, 0.5) is 0 Å². The third-order valence-electron chi connectivity index (χ3n) is 2.69. The van der Waals surface area contributed by atoms with E-state index in [9.17, 15) is 9.90 Å². The predicted octanol–water partition coefficient (Wildman–Crippen LogP) is 1.30. The number of hydrogen-bond acceptors (Lipinski definition) is 4. The van der Waals surface area contributed by atoms with Crippen LogP contribution in [0.2, 0.25) is 0 Å². The van der Waals surface area contributed by atoms with Gasteiger partial charge in [0.05, 0.1) is 6.61 Å². The zero-order chi connectivity index (χ0) is 15.7. The second kappa shape index (κ2) is 9.10. The Kier molecular flexibility index (Phi) is 7.42. The fourth-order valence-corrected chi connectivity index (χ4v) is 1.91. The summed E-state index contributed by atoms with van der Waals surface area (Å²) in [4.78, 5) is 12.0. The van der Waals surface area contributed by atoms with Gasteiger partial charge in [-0.05, 0) is 24.7 Å². The van der Waals surface area contributed by atoms with Crippen LogP contribution < -0.4 is 10.6 Å². The summed E-state index contributed by atoms with van der Waals surface area (Å²) in [6, 6.07) is 7.90. The molecule has 1 aromatic rings. The first-order valence-corrected chi connectivity index (χ1v) is 7.05. The topological polar surface area (TPSA) is 70.6 Å². The summed E-state index contributed by atoms with van der Waals surface area (Å²) in [5.74, 6) is -0.559. The third-order valence-corrected chi connectivity index (χ3v) is 2.95. The number of carbonyl (C=O) groups excluding carboxylic acids is 1. The predicted molar refractivity (Wildman–Crippen MR) is 85.8 cm³/mol. The van der Waals surface area contributed by atoms with Crippen molar-refractivity contribution < 1.29 is 14.6 Å². The Bertz CT molecular complexity index is 479. The molecule has 6 heteroatoms. The van der Waals surface area contributed by atoms with E-state index in [1.807, 2.05) is 6.07 Å². The number of carbonyl (C=O) groups is 1. The van der Waals surface area contributed by atoms with Gasteiger partial charge in [-0.1, -0.05) is 36.4 Å². The first kappa shape index (κ1) is 17.1. The molecule has 0 radical (unpaired) electrons. The molecule has 21 heavy (non-hydrogen) atoms. The summed E-state index contributed by atoms with van der Waals surface area (Å²) in [6.45, 7) is 5.96. The van der Waals surface area contributed by atoms with Gasteiger partial charge in [-0.25, -0.2) is 4.79 Å². The molecule has 114 valence electrons. The van der Waals surface area contributed by atoms with E-state index in [-0.39, 0.29) is 11.7 Å². The van der Waals surface area contributed by atoms with Crippen molar-refractivity contribution >= 4 is 23.3 Å². The zero-order valence-electron chi connectivity index (χ0n) is 11.9. The molecule has 0 aliphatic rings. The average molecular weight is 308 g/mol. The SMILES string of the molecule is C=CCNC(=S)NC(C(=O)OCC)C(O)c1ccccc1. The molecule has 0 saturated heterocycles. The Morgan fingerprint density at radius 1 is 1.48 bits per heavy atom. The highest BCUT2D eigenvalue weighted by atomic mass is 32.1. The second-order valence-corrected chi connectivity index (χ2v) is 4.64. The van der Waals surface area contributed by atoms with Gasteiger partial charge in [0, 0.05) is 6.54 Å². The van der Waals surface area contributed by atoms with E-state index >= 15 is 0 Å². The zero-order valence-corrected chi connectivity index (χ0v) is 12.7. The molecule has 0 aliphatic heterocycles. The first-order valence-electron chi connectivity index (χ1n) is 6.65. The van der Waals surface area contributed by atoms with Crippen molar-refractivity contribution in [3.05, 3.63) is 48.6 Å². The first-order chi connectivity index (χ1) is 10.1. The van der Waals surface area contributed by atoms with Crippen molar-refractivity contribution in [2.75, 3.05) is 13.2 Å². The van der Waals surface area contributed by atoms with Crippen molar-refractivity contribution in [2.24, 2.45) is 0 Å². The lowest BCUT2D eigenvalue weighted by molar-refractivity contribution is -0.148. The summed E-state index contributed by atoms with van der Waals surface area (Å²) >= 11 is 5.08. The minimum Gasteiger partial charge on any atom is -0.464 e. The van der Waals surface area contributed by atoms with E-state index in [4.69, 9.17) is 17.0 Å². The normalized spacial score (nSPS) is 12.9. The Morgan fingerprint density at radius 3 is 2.71 bits per heavy atom. The molecule has 1 rings (SSSR count). The molecule has 0 saturated carbocycles. The summed E-state index contributed by atoms with van der Waals surface area (Å²) in [6.07, 6.45) is 0.578. The Labute approximate surface area is 130 Å². The highest BCUT2D eigenvalue weighted by Gasteiger charge is 2.29. The molecule has 5 nitrogen and oxygen atoms in total. The van der Waals surface area contributed by atoms with Crippen molar-refractivity contribution in [1.82, 2.24) is 10.6 Å². The lowest BCUT2D eigenvalue weighted by Gasteiger charge is -2.24. The van der Waals surface area contributed by atoms with Crippen LogP contribution in [0.25, 0.3) is 0 Å². The van der Waals surface area contributed by atoms with Gasteiger partial charge in [0.2, 0.25) is 0 Å². The Hall–Kier alpha value is -1.92. The standard InChI is InChI=1S/C15H20N2O3S/c1-3-10-16-15(21)17-12(14(19)20-4-2)13(18)11-8-6-5-7-9-11/h3,5-9,12-13,18H,1,4,10H2,2H3,(H2,16,17,21). The minimum absolute atomic E-state index is 0.228. The number of aliphatic hydroxyl groups excluding tert-OH is 1. The van der Waals surface area contributed by atoms with E-state index in [0.29, 0.717) is 12.1 Å². The second-order valence-electron chi connectivity index (χ2n) is 4.23. The van der Waals surface area contributed by atoms with E-state index in [2.05, 4.69) is 17.2 Å². The van der Waals surface area contributed by atoms with Crippen molar-refractivity contribution in [3.8, 4) is 0 Å². The fraction of sp³-hybridized carbons (Fsp3) is 0.333. The van der Waals surface area contributed by atoms with Crippen LogP contribution in [0.3, 0.4) is 0 Å². The molecular formula is C15H20N2O3S. The molecule has 1 aromatic carbocycles. The number of ether oxygens (including phenoxy) is 1. The molecule has 0 heterocycles. The molecular weight excluding hydrogens is 288 g/mol. The number of esters is 1. The van der Waals surface area contributed by atoms with Crippen LogP contribution in [-0.2, 0) is 9.53 Å². The van der Waals surface area contributed by atoms with Crippen molar-refractivity contribution in [3.63, 3.8) is 0 Å². The summed E-state index contributed by atoms with van der Waals surface area (Å²) in [7, 11) is 0. The van der Waals surface area contributed by atoms with Crippen LogP contribution in [0.5, 0.6) is 0 Å². The molecule has 2 unspecified atom stereocenters. The van der Waals surface area contributed by atoms with E-state index in [0.717, 1.165) is 0 Å². The summed E-state index contributed by atoms with van der Waals surface area (Å²) < 4.78 is 4.98. The molecule has 0 fully saturated rings. The average Bonchev–Trinajstić information content (AvgIpc) is 2.51. The van der Waals surface area contributed by atoms with Crippen LogP contribution >= 0.6 is 12.2 Å². The van der Waals surface area contributed by atoms with Crippen LogP contribution in [0, 0.1) is 0 Å². The number of rotatable bonds is 7. The number of nitrogens with one attached hydrogen (secondary N) is 2. The smallest absolute Gasteiger partial charge is 0.331 e.